The Morgan fingerprint density at radius 3 is 2.52 bits per heavy atom. The van der Waals surface area contributed by atoms with E-state index >= 15 is 0 Å². The van der Waals surface area contributed by atoms with Crippen LogP contribution in [0.2, 0.25) is 0 Å². The highest BCUT2D eigenvalue weighted by molar-refractivity contribution is 5.61. The van der Waals surface area contributed by atoms with Crippen LogP contribution in [0.1, 0.15) is 37.6 Å². The Hall–Kier alpha value is -2.96. The maximum Gasteiger partial charge on any atom is 0.266 e. The number of phenols is 1. The summed E-state index contributed by atoms with van der Waals surface area (Å²) >= 11 is 0. The first-order valence-corrected chi connectivity index (χ1v) is 9.13. The van der Waals surface area contributed by atoms with E-state index in [1.807, 2.05) is 39.0 Å². The van der Waals surface area contributed by atoms with Crippen LogP contribution < -0.4 is 5.32 Å². The van der Waals surface area contributed by atoms with Gasteiger partial charge in [-0.3, -0.25) is 0 Å². The second kappa shape index (κ2) is 7.73. The average molecular weight is 367 g/mol. The largest absolute Gasteiger partial charge is 0.507 e. The molecule has 3 aromatic rings. The van der Waals surface area contributed by atoms with E-state index in [9.17, 15) is 5.11 Å². The van der Waals surface area contributed by atoms with Crippen LogP contribution in [0.15, 0.2) is 22.6 Å². The van der Waals surface area contributed by atoms with Gasteiger partial charge in [-0.15, -0.1) is 10.2 Å². The lowest BCUT2D eigenvalue weighted by molar-refractivity contribution is 0.464. The molecule has 0 radical (unpaired) electrons. The lowest BCUT2D eigenvalue weighted by Gasteiger charge is -2.08. The molecule has 27 heavy (non-hydrogen) atoms. The lowest BCUT2D eigenvalue weighted by Crippen LogP contribution is -2.11. The number of anilines is 1. The predicted octanol–water partition coefficient (Wildman–Crippen LogP) is 4.15. The Balaban J connectivity index is 1.93. The number of nitrogens with one attached hydrogen (secondary N) is 1. The van der Waals surface area contributed by atoms with E-state index in [4.69, 9.17) is 4.42 Å². The molecule has 0 saturated heterocycles. The van der Waals surface area contributed by atoms with Crippen LogP contribution in [0.25, 0.3) is 23.0 Å². The molecule has 3 rings (SSSR count). The molecule has 0 aliphatic carbocycles. The molecule has 2 N–H and O–H groups in total. The molecule has 1 aromatic carbocycles. The molecule has 0 amide bonds. The Morgan fingerprint density at radius 1 is 1.07 bits per heavy atom. The molecule has 7 nitrogen and oxygen atoms in total. The van der Waals surface area contributed by atoms with Crippen molar-refractivity contribution in [2.75, 3.05) is 11.9 Å². The SMILES string of the molecule is CCc1cc(-c2nnc(-c3cc(C)nc(NCC(C)C)n3)o2)cc(C)c1O. The predicted molar refractivity (Wildman–Crippen MR) is 105 cm³/mol. The number of hydrogen-bond donors (Lipinski definition) is 2. The minimum atomic E-state index is 0.313. The van der Waals surface area contributed by atoms with Gasteiger partial charge in [0.25, 0.3) is 5.89 Å². The number of phenolic OH excluding ortho intramolecular Hbond substituents is 1. The van der Waals surface area contributed by atoms with Crippen molar-refractivity contribution in [3.8, 4) is 28.8 Å². The van der Waals surface area contributed by atoms with Crippen molar-refractivity contribution in [1.29, 1.82) is 0 Å². The minimum absolute atomic E-state index is 0.313. The molecule has 0 atom stereocenters. The van der Waals surface area contributed by atoms with E-state index in [0.717, 1.165) is 35.3 Å². The zero-order valence-electron chi connectivity index (χ0n) is 16.4. The van der Waals surface area contributed by atoms with Crippen LogP contribution in [0.5, 0.6) is 5.75 Å². The van der Waals surface area contributed by atoms with Crippen LogP contribution in [-0.4, -0.2) is 31.8 Å². The van der Waals surface area contributed by atoms with Crippen molar-refractivity contribution < 1.29 is 9.52 Å². The van der Waals surface area contributed by atoms with Gasteiger partial charge in [-0.1, -0.05) is 20.8 Å². The molecule has 7 heteroatoms. The first-order chi connectivity index (χ1) is 12.9. The minimum Gasteiger partial charge on any atom is -0.507 e. The lowest BCUT2D eigenvalue weighted by atomic mass is 10.0. The van der Waals surface area contributed by atoms with Gasteiger partial charge in [-0.25, -0.2) is 9.97 Å². The number of aromatic nitrogens is 4. The molecule has 0 saturated carbocycles. The third-order valence-electron chi connectivity index (χ3n) is 4.17. The van der Waals surface area contributed by atoms with E-state index in [1.54, 1.807) is 0 Å². The Labute approximate surface area is 158 Å². The third kappa shape index (κ3) is 4.24. The van der Waals surface area contributed by atoms with Crippen LogP contribution in [-0.2, 0) is 6.42 Å². The monoisotopic (exact) mass is 367 g/mol. The summed E-state index contributed by atoms with van der Waals surface area (Å²) in [6, 6.07) is 5.53. The molecule has 2 aromatic heterocycles. The summed E-state index contributed by atoms with van der Waals surface area (Å²) in [5, 5.41) is 21.6. The van der Waals surface area contributed by atoms with Crippen LogP contribution in [0.3, 0.4) is 0 Å². The fourth-order valence-corrected chi connectivity index (χ4v) is 2.74. The van der Waals surface area contributed by atoms with Crippen LogP contribution in [0.4, 0.5) is 5.95 Å². The number of aryl methyl sites for hydroxylation is 3. The Bertz CT molecular complexity index is 950. The van der Waals surface area contributed by atoms with Crippen molar-refractivity contribution in [2.45, 2.75) is 41.0 Å². The molecule has 0 bridgehead atoms. The fraction of sp³-hybridized carbons (Fsp3) is 0.400. The number of nitrogens with zero attached hydrogens (tertiary/aromatic N) is 4. The van der Waals surface area contributed by atoms with Crippen molar-refractivity contribution in [2.24, 2.45) is 5.92 Å². The number of aromatic hydroxyl groups is 1. The molecular weight excluding hydrogens is 342 g/mol. The standard InChI is InChI=1S/C20H25N5O2/c1-6-14-9-15(7-12(4)17(14)26)18-24-25-19(27-18)16-8-13(5)22-20(23-16)21-10-11(2)3/h7-9,11,26H,6,10H2,1-5H3,(H,21,22,23). The van der Waals surface area contributed by atoms with Crippen molar-refractivity contribution in [3.05, 3.63) is 35.0 Å². The van der Waals surface area contributed by atoms with Crippen molar-refractivity contribution in [1.82, 2.24) is 20.2 Å². The van der Waals surface area contributed by atoms with Gasteiger partial charge >= 0.3 is 0 Å². The van der Waals surface area contributed by atoms with Gasteiger partial charge in [0.1, 0.15) is 11.4 Å². The van der Waals surface area contributed by atoms with Gasteiger partial charge in [0.2, 0.25) is 11.8 Å². The normalized spacial score (nSPS) is 11.2. The topological polar surface area (TPSA) is 97.0 Å². The zero-order chi connectivity index (χ0) is 19.6. The van der Waals surface area contributed by atoms with Gasteiger partial charge in [0.15, 0.2) is 0 Å². The van der Waals surface area contributed by atoms with Gasteiger partial charge in [0, 0.05) is 17.8 Å². The zero-order valence-corrected chi connectivity index (χ0v) is 16.4. The smallest absolute Gasteiger partial charge is 0.266 e. The van der Waals surface area contributed by atoms with Gasteiger partial charge < -0.3 is 14.8 Å². The highest BCUT2D eigenvalue weighted by Crippen LogP contribution is 2.30. The summed E-state index contributed by atoms with van der Waals surface area (Å²) < 4.78 is 5.86. The molecular formula is C20H25N5O2. The summed E-state index contributed by atoms with van der Waals surface area (Å²) in [5.41, 5.74) is 3.81. The summed E-state index contributed by atoms with van der Waals surface area (Å²) in [6.45, 7) is 10.8. The molecule has 0 aliphatic rings. The Morgan fingerprint density at radius 2 is 1.81 bits per heavy atom. The van der Waals surface area contributed by atoms with E-state index in [0.29, 0.717) is 35.1 Å². The fourth-order valence-electron chi connectivity index (χ4n) is 2.74. The van der Waals surface area contributed by atoms with E-state index in [1.165, 1.54) is 0 Å². The summed E-state index contributed by atoms with van der Waals surface area (Å²) in [6.07, 6.45) is 0.720. The maximum atomic E-state index is 10.1. The van der Waals surface area contributed by atoms with E-state index in [2.05, 4.69) is 39.3 Å². The highest BCUT2D eigenvalue weighted by Gasteiger charge is 2.16. The molecule has 0 unspecified atom stereocenters. The molecule has 0 fully saturated rings. The van der Waals surface area contributed by atoms with Crippen LogP contribution in [0, 0.1) is 19.8 Å². The first kappa shape index (κ1) is 18.8. The van der Waals surface area contributed by atoms with Crippen molar-refractivity contribution >= 4 is 5.95 Å². The second-order valence-corrected chi connectivity index (χ2v) is 7.06. The van der Waals surface area contributed by atoms with Crippen molar-refractivity contribution in [3.63, 3.8) is 0 Å². The van der Waals surface area contributed by atoms with E-state index < -0.39 is 0 Å². The van der Waals surface area contributed by atoms with Crippen LogP contribution >= 0.6 is 0 Å². The second-order valence-electron chi connectivity index (χ2n) is 7.06. The maximum absolute atomic E-state index is 10.1. The molecule has 142 valence electrons. The molecule has 2 heterocycles. The van der Waals surface area contributed by atoms with E-state index in [-0.39, 0.29) is 0 Å². The number of rotatable bonds is 6. The van der Waals surface area contributed by atoms with Gasteiger partial charge in [-0.2, -0.15) is 0 Å². The highest BCUT2D eigenvalue weighted by atomic mass is 16.4. The molecule has 0 spiro atoms. The molecule has 0 aliphatic heterocycles. The average Bonchev–Trinajstić information content (AvgIpc) is 3.12. The summed E-state index contributed by atoms with van der Waals surface area (Å²) in [7, 11) is 0. The third-order valence-corrected chi connectivity index (χ3v) is 4.17. The van der Waals surface area contributed by atoms with Gasteiger partial charge in [0.05, 0.1) is 0 Å². The quantitative estimate of drug-likeness (QED) is 0.675. The Kier molecular flexibility index (Phi) is 5.39. The summed E-state index contributed by atoms with van der Waals surface area (Å²) in [5.74, 6) is 2.08. The number of hydrogen-bond acceptors (Lipinski definition) is 7. The summed E-state index contributed by atoms with van der Waals surface area (Å²) in [4.78, 5) is 8.89. The number of benzene rings is 1. The van der Waals surface area contributed by atoms with Gasteiger partial charge in [-0.05, 0) is 55.5 Å². The first-order valence-electron chi connectivity index (χ1n) is 9.13.